The Hall–Kier alpha value is -7.76. The molecule has 0 unspecified atom stereocenters. The minimum absolute atomic E-state index is 1.14. The summed E-state index contributed by atoms with van der Waals surface area (Å²) in [7, 11) is -2.70. The maximum absolute atomic E-state index is 2.70. The van der Waals surface area contributed by atoms with Gasteiger partial charge in [-0.1, -0.05) is 188 Å². The van der Waals surface area contributed by atoms with Crippen molar-refractivity contribution < 1.29 is 0 Å². The molecule has 0 aliphatic rings. The molecule has 2 nitrogen and oxygen atoms in total. The molecule has 13 aromatic rings. The molecule has 3 aromatic heterocycles. The molecule has 0 N–H and O–H groups in total. The van der Waals surface area contributed by atoms with Crippen LogP contribution in [-0.2, 0) is 0 Å². The monoisotopic (exact) mass is 848 g/mol. The minimum Gasteiger partial charge on any atom is -0.307 e. The van der Waals surface area contributed by atoms with E-state index in [-0.39, 0.29) is 0 Å². The van der Waals surface area contributed by atoms with Gasteiger partial charge >= 0.3 is 0 Å². The minimum atomic E-state index is -2.70. The molecule has 0 fully saturated rings. The topological polar surface area (TPSA) is 9.86 Å². The highest BCUT2D eigenvalue weighted by molar-refractivity contribution is 7.26. The third kappa shape index (κ3) is 5.43. The first-order valence-corrected chi connectivity index (χ1v) is 24.8. The Morgan fingerprint density at radius 1 is 0.328 bits per heavy atom. The molecule has 0 atom stereocenters. The van der Waals surface area contributed by atoms with Gasteiger partial charge in [-0.25, -0.2) is 0 Å². The van der Waals surface area contributed by atoms with Crippen LogP contribution in [0.15, 0.2) is 243 Å². The first-order valence-electron chi connectivity index (χ1n) is 22.0. The molecular weight excluding hydrogens is 809 g/mol. The molecule has 13 rings (SSSR count). The maximum Gasteiger partial charge on any atom is 0.179 e. The lowest BCUT2D eigenvalue weighted by atomic mass is 9.98. The number of benzene rings is 10. The lowest BCUT2D eigenvalue weighted by molar-refractivity contribution is 1.13. The van der Waals surface area contributed by atoms with Crippen molar-refractivity contribution in [2.24, 2.45) is 0 Å². The molecule has 10 aromatic carbocycles. The predicted octanol–water partition coefficient (Wildman–Crippen LogP) is 13.3. The van der Waals surface area contributed by atoms with Gasteiger partial charge in [-0.2, -0.15) is 0 Å². The summed E-state index contributed by atoms with van der Waals surface area (Å²) >= 11 is 1.87. The molecule has 0 spiro atoms. The van der Waals surface area contributed by atoms with Crippen molar-refractivity contribution in [3.05, 3.63) is 243 Å². The van der Waals surface area contributed by atoms with Crippen LogP contribution in [0.5, 0.6) is 0 Å². The molecule has 64 heavy (non-hydrogen) atoms. The fourth-order valence-electron chi connectivity index (χ4n) is 10.8. The van der Waals surface area contributed by atoms with E-state index in [1.807, 2.05) is 11.3 Å². The Bertz CT molecular complexity index is 3790. The van der Waals surface area contributed by atoms with E-state index in [1.54, 1.807) is 0 Å². The molecule has 0 saturated carbocycles. The second-order valence-electron chi connectivity index (χ2n) is 16.8. The number of para-hydroxylation sites is 3. The van der Waals surface area contributed by atoms with Crippen molar-refractivity contribution in [2.45, 2.75) is 0 Å². The van der Waals surface area contributed by atoms with Crippen molar-refractivity contribution in [3.63, 3.8) is 0 Å². The Labute approximate surface area is 376 Å². The molecule has 0 bridgehead atoms. The van der Waals surface area contributed by atoms with E-state index in [0.717, 1.165) is 11.4 Å². The van der Waals surface area contributed by atoms with E-state index in [9.17, 15) is 0 Å². The summed E-state index contributed by atoms with van der Waals surface area (Å²) < 4.78 is 7.64. The smallest absolute Gasteiger partial charge is 0.179 e. The van der Waals surface area contributed by atoms with Gasteiger partial charge in [0.1, 0.15) is 0 Å². The van der Waals surface area contributed by atoms with Crippen molar-refractivity contribution >= 4 is 104 Å². The van der Waals surface area contributed by atoms with Gasteiger partial charge in [0, 0.05) is 47.4 Å². The number of nitrogens with zero attached hydrogens (tertiary/aromatic N) is 2. The summed E-state index contributed by atoms with van der Waals surface area (Å²) in [5, 5.41) is 13.1. The second-order valence-corrected chi connectivity index (χ2v) is 21.7. The average Bonchev–Trinajstić information content (AvgIpc) is 4.03. The Morgan fingerprint density at radius 3 is 1.50 bits per heavy atom. The quantitative estimate of drug-likeness (QED) is 0.112. The molecule has 0 aliphatic carbocycles. The predicted molar refractivity (Wildman–Crippen MR) is 277 cm³/mol. The largest absolute Gasteiger partial charge is 0.307 e. The fraction of sp³-hybridized carbons (Fsp3) is 0. The number of thiophene rings is 1. The van der Waals surface area contributed by atoms with Gasteiger partial charge in [0.2, 0.25) is 0 Å². The van der Waals surface area contributed by atoms with Crippen LogP contribution in [0.1, 0.15) is 0 Å². The van der Waals surface area contributed by atoms with Gasteiger partial charge in [0.25, 0.3) is 0 Å². The van der Waals surface area contributed by atoms with E-state index in [2.05, 4.69) is 252 Å². The van der Waals surface area contributed by atoms with Gasteiger partial charge in [0.05, 0.1) is 27.8 Å². The Morgan fingerprint density at radius 2 is 0.828 bits per heavy atom. The van der Waals surface area contributed by atoms with Crippen LogP contribution in [-0.4, -0.2) is 17.2 Å². The molecule has 0 aliphatic heterocycles. The first-order chi connectivity index (χ1) is 31.8. The number of rotatable bonds is 7. The molecular formula is C60H40N2SSi. The van der Waals surface area contributed by atoms with Crippen molar-refractivity contribution in [3.8, 4) is 22.5 Å². The zero-order valence-corrected chi connectivity index (χ0v) is 36.7. The van der Waals surface area contributed by atoms with E-state index < -0.39 is 8.07 Å². The Kier molecular flexibility index (Phi) is 8.45. The number of fused-ring (bicyclic) bond motifs is 9. The summed E-state index contributed by atoms with van der Waals surface area (Å²) in [6, 6.07) is 90.4. The summed E-state index contributed by atoms with van der Waals surface area (Å²) in [6.45, 7) is 0. The highest BCUT2D eigenvalue weighted by Crippen LogP contribution is 2.43. The first kappa shape index (κ1) is 36.9. The normalized spacial score (nSPS) is 12.1. The molecule has 0 saturated heterocycles. The van der Waals surface area contributed by atoms with E-state index in [4.69, 9.17) is 0 Å². The van der Waals surface area contributed by atoms with Gasteiger partial charge < -0.3 is 9.13 Å². The third-order valence-electron chi connectivity index (χ3n) is 13.5. The lowest BCUT2D eigenvalue weighted by Crippen LogP contribution is -2.74. The van der Waals surface area contributed by atoms with Gasteiger partial charge in [0.15, 0.2) is 8.07 Å². The molecule has 300 valence electrons. The molecule has 3 heterocycles. The average molecular weight is 849 g/mol. The van der Waals surface area contributed by atoms with E-state index in [0.29, 0.717) is 0 Å². The fourth-order valence-corrected chi connectivity index (χ4v) is 16.7. The summed E-state index contributed by atoms with van der Waals surface area (Å²) in [4.78, 5) is 0. The van der Waals surface area contributed by atoms with Gasteiger partial charge in [-0.3, -0.25) is 0 Å². The summed E-state index contributed by atoms with van der Waals surface area (Å²) in [5.41, 5.74) is 9.57. The molecule has 0 amide bonds. The molecule has 0 radical (unpaired) electrons. The summed E-state index contributed by atoms with van der Waals surface area (Å²) in [5.74, 6) is 0. The molecule has 4 heteroatoms. The van der Waals surface area contributed by atoms with Crippen molar-refractivity contribution in [2.75, 3.05) is 0 Å². The number of hydrogen-bond donors (Lipinski definition) is 0. The van der Waals surface area contributed by atoms with Crippen LogP contribution < -0.4 is 20.7 Å². The van der Waals surface area contributed by atoms with E-state index in [1.165, 1.54) is 95.7 Å². The zero-order chi connectivity index (χ0) is 42.2. The van der Waals surface area contributed by atoms with Crippen LogP contribution in [0, 0.1) is 0 Å². The third-order valence-corrected chi connectivity index (χ3v) is 19.4. The van der Waals surface area contributed by atoms with Gasteiger partial charge in [-0.05, 0) is 86.5 Å². The van der Waals surface area contributed by atoms with Gasteiger partial charge in [-0.15, -0.1) is 11.3 Å². The highest BCUT2D eigenvalue weighted by Gasteiger charge is 2.41. The van der Waals surface area contributed by atoms with Crippen molar-refractivity contribution in [1.29, 1.82) is 0 Å². The van der Waals surface area contributed by atoms with Crippen LogP contribution in [0.4, 0.5) is 0 Å². The van der Waals surface area contributed by atoms with Crippen LogP contribution in [0.2, 0.25) is 0 Å². The lowest BCUT2D eigenvalue weighted by Gasteiger charge is -2.34. The highest BCUT2D eigenvalue weighted by atomic mass is 32.1. The number of aromatic nitrogens is 2. The van der Waals surface area contributed by atoms with Crippen LogP contribution >= 0.6 is 11.3 Å². The Balaban J connectivity index is 1.04. The maximum atomic E-state index is 2.50. The number of hydrogen-bond acceptors (Lipinski definition) is 1. The standard InChI is InChI=1S/C60H40N2SSi/c1-4-18-43(19-5-1)64(44-20-6-2-7-21-44,45-22-8-3-9-23-45)46-37-35-42(36-38-46)61-53-29-13-10-24-48(53)50-28-16-31-56(60(50)61)62-54-30-14-11-25-49(54)52-40-41(34-39-55(52)62)47-27-17-33-58-59(47)51-26-12-15-32-57(51)63-58/h1-40H. The summed E-state index contributed by atoms with van der Waals surface area (Å²) in [6.07, 6.45) is 0. The van der Waals surface area contributed by atoms with Crippen molar-refractivity contribution in [1.82, 2.24) is 9.13 Å². The second kappa shape index (κ2) is 14.7. The van der Waals surface area contributed by atoms with Crippen LogP contribution in [0.3, 0.4) is 0 Å². The zero-order valence-electron chi connectivity index (χ0n) is 34.9. The SMILES string of the molecule is c1ccc([Si](c2ccccc2)(c2ccccc2)c2ccc(-n3c4ccccc4c4cccc(-n5c6ccccc6c6cc(-c7cccc8sc9ccccc9c78)ccc65)c43)cc2)cc1. The van der Waals surface area contributed by atoms with Crippen LogP contribution in [0.25, 0.3) is 86.3 Å². The van der Waals surface area contributed by atoms with E-state index >= 15 is 0 Å².